The van der Waals surface area contributed by atoms with Crippen LogP contribution in [0.4, 0.5) is 4.39 Å². The molecule has 2 aromatic rings. The fourth-order valence-corrected chi connectivity index (χ4v) is 4.40. The zero-order valence-corrected chi connectivity index (χ0v) is 18.1. The molecule has 8 nitrogen and oxygen atoms in total. The van der Waals surface area contributed by atoms with Crippen molar-refractivity contribution < 1.29 is 32.3 Å². The minimum atomic E-state index is -3.87. The predicted molar refractivity (Wildman–Crippen MR) is 111 cm³/mol. The summed E-state index contributed by atoms with van der Waals surface area (Å²) < 4.78 is 42.0. The Hall–Kier alpha value is -2.98. The van der Waals surface area contributed by atoms with Crippen molar-refractivity contribution in [1.29, 1.82) is 0 Å². The van der Waals surface area contributed by atoms with Gasteiger partial charge in [-0.1, -0.05) is 18.2 Å². The van der Waals surface area contributed by atoms with Crippen molar-refractivity contribution in [1.82, 2.24) is 10.4 Å². The molecular weight excluding hydrogens is 427 g/mol. The van der Waals surface area contributed by atoms with Crippen molar-refractivity contribution in [2.45, 2.75) is 24.6 Å². The number of carbonyl (C=O) groups excluding carboxylic acids is 2. The van der Waals surface area contributed by atoms with E-state index in [-0.39, 0.29) is 31.2 Å². The van der Waals surface area contributed by atoms with Crippen LogP contribution in [0.25, 0.3) is 11.1 Å². The van der Waals surface area contributed by atoms with Crippen molar-refractivity contribution in [2.75, 3.05) is 19.9 Å². The smallest absolute Gasteiger partial charge is 0.264 e. The van der Waals surface area contributed by atoms with E-state index in [4.69, 9.17) is 9.94 Å². The van der Waals surface area contributed by atoms with Crippen molar-refractivity contribution in [2.24, 2.45) is 0 Å². The number of benzene rings is 2. The second-order valence-electron chi connectivity index (χ2n) is 7.61. The van der Waals surface area contributed by atoms with E-state index < -0.39 is 26.3 Å². The van der Waals surface area contributed by atoms with Gasteiger partial charge in [-0.05, 0) is 42.7 Å². The maximum Gasteiger partial charge on any atom is 0.264 e. The Morgan fingerprint density at radius 3 is 2.61 bits per heavy atom. The van der Waals surface area contributed by atoms with Crippen LogP contribution in [-0.4, -0.2) is 55.0 Å². The number of hydroxylamine groups is 1. The van der Waals surface area contributed by atoms with Crippen LogP contribution in [0.2, 0.25) is 0 Å². The first-order valence-electron chi connectivity index (χ1n) is 9.42. The van der Waals surface area contributed by atoms with Crippen LogP contribution < -0.4 is 10.2 Å². The van der Waals surface area contributed by atoms with E-state index in [1.807, 2.05) is 0 Å². The Morgan fingerprint density at radius 2 is 2.00 bits per heavy atom. The Labute approximate surface area is 179 Å². The maximum absolute atomic E-state index is 14.6. The molecule has 0 aliphatic carbocycles. The van der Waals surface area contributed by atoms with Gasteiger partial charge in [-0.25, -0.2) is 18.3 Å². The van der Waals surface area contributed by atoms with Gasteiger partial charge in [0.15, 0.2) is 26.2 Å². The number of fused-ring (bicyclic) bond motifs is 1. The highest BCUT2D eigenvalue weighted by Gasteiger charge is 2.44. The Kier molecular flexibility index (Phi) is 6.06. The molecule has 0 saturated heterocycles. The monoisotopic (exact) mass is 450 g/mol. The van der Waals surface area contributed by atoms with E-state index in [1.54, 1.807) is 30.3 Å². The van der Waals surface area contributed by atoms with Crippen LogP contribution in [0.5, 0.6) is 5.75 Å². The second kappa shape index (κ2) is 8.27. The molecule has 0 radical (unpaired) electrons. The zero-order chi connectivity index (χ0) is 23.0. The number of nitrogens with one attached hydrogen (secondary N) is 1. The summed E-state index contributed by atoms with van der Waals surface area (Å²) in [4.78, 5) is 26.2. The van der Waals surface area contributed by atoms with Crippen molar-refractivity contribution in [3.8, 4) is 16.9 Å². The first-order valence-corrected chi connectivity index (χ1v) is 11.3. The molecule has 2 aromatic carbocycles. The summed E-state index contributed by atoms with van der Waals surface area (Å²) in [5.74, 6) is -1.77. The fourth-order valence-electron chi connectivity index (χ4n) is 3.55. The molecule has 1 aliphatic heterocycles. The molecule has 1 atom stereocenters. The average Bonchev–Trinajstić information content (AvgIpc) is 3.05. The van der Waals surface area contributed by atoms with E-state index in [9.17, 15) is 22.4 Å². The predicted octanol–water partition coefficient (Wildman–Crippen LogP) is 2.16. The van der Waals surface area contributed by atoms with E-state index >= 15 is 0 Å². The van der Waals surface area contributed by atoms with Crippen LogP contribution >= 0.6 is 0 Å². The van der Waals surface area contributed by atoms with Gasteiger partial charge in [0, 0.05) is 30.5 Å². The topological polar surface area (TPSA) is 113 Å². The van der Waals surface area contributed by atoms with Gasteiger partial charge in [0.2, 0.25) is 0 Å². The molecule has 2 N–H and O–H groups in total. The molecule has 3 rings (SSSR count). The molecule has 166 valence electrons. The highest BCUT2D eigenvalue weighted by atomic mass is 32.2. The molecule has 1 aliphatic rings. The molecule has 0 unspecified atom stereocenters. The number of hydrogen-bond donors (Lipinski definition) is 2. The number of ether oxygens (including phenoxy) is 1. The van der Waals surface area contributed by atoms with Crippen LogP contribution in [-0.2, 0) is 21.2 Å². The van der Waals surface area contributed by atoms with Crippen molar-refractivity contribution in [3.63, 3.8) is 0 Å². The summed E-state index contributed by atoms with van der Waals surface area (Å²) in [5, 5.41) is 8.93. The van der Waals surface area contributed by atoms with Crippen molar-refractivity contribution >= 4 is 21.7 Å². The third kappa shape index (κ3) is 4.00. The summed E-state index contributed by atoms with van der Waals surface area (Å²) in [6.45, 7) is 1.37. The summed E-state index contributed by atoms with van der Waals surface area (Å²) in [5.41, 5.74) is 3.39. The SMILES string of the molecule is COc1cccc(-c2ccc3c(c2)CN(CC[C@](C)(C(=O)NO)S(C)(=O)=O)C3=O)c1F. The van der Waals surface area contributed by atoms with Gasteiger partial charge >= 0.3 is 0 Å². The van der Waals surface area contributed by atoms with Gasteiger partial charge in [-0.15, -0.1) is 0 Å². The fraction of sp³-hybridized carbons (Fsp3) is 0.333. The number of methoxy groups -OCH3 is 1. The van der Waals surface area contributed by atoms with Crippen LogP contribution in [0.1, 0.15) is 29.3 Å². The highest BCUT2D eigenvalue weighted by molar-refractivity contribution is 7.92. The standard InChI is InChI=1S/C21H23FN2O6S/c1-21(20(26)23-27,31(3,28)29)9-10-24-12-14-11-13(7-8-16(14)19(24)25)15-5-4-6-17(30-2)18(15)22/h4-8,11,27H,9-10,12H2,1-3H3,(H,23,26)/t21-/m1/s1. The lowest BCUT2D eigenvalue weighted by Gasteiger charge is -2.27. The molecule has 1 heterocycles. The number of nitrogens with zero attached hydrogens (tertiary/aromatic N) is 1. The third-order valence-electron chi connectivity index (χ3n) is 5.74. The van der Waals surface area contributed by atoms with Crippen molar-refractivity contribution in [3.05, 3.63) is 53.3 Å². The molecule has 0 fully saturated rings. The van der Waals surface area contributed by atoms with Gasteiger partial charge in [-0.2, -0.15) is 0 Å². The average molecular weight is 450 g/mol. The molecule has 2 amide bonds. The van der Waals surface area contributed by atoms with Gasteiger partial charge in [0.05, 0.1) is 7.11 Å². The van der Waals surface area contributed by atoms with Gasteiger partial charge in [0.1, 0.15) is 0 Å². The Morgan fingerprint density at radius 1 is 1.29 bits per heavy atom. The summed E-state index contributed by atoms with van der Waals surface area (Å²) in [6, 6.07) is 9.74. The van der Waals surface area contributed by atoms with E-state index in [0.29, 0.717) is 22.3 Å². The molecule has 31 heavy (non-hydrogen) atoms. The molecular formula is C21H23FN2O6S. The number of hydrogen-bond acceptors (Lipinski definition) is 6. The molecule has 0 aromatic heterocycles. The lowest BCUT2D eigenvalue weighted by Crippen LogP contribution is -2.50. The number of halogens is 1. The normalized spacial score (nSPS) is 15.4. The van der Waals surface area contributed by atoms with Crippen LogP contribution in [0, 0.1) is 5.82 Å². The first kappa shape index (κ1) is 22.7. The summed E-state index contributed by atoms with van der Waals surface area (Å²) in [6.07, 6.45) is 0.701. The zero-order valence-electron chi connectivity index (χ0n) is 17.3. The first-order chi connectivity index (χ1) is 14.5. The largest absolute Gasteiger partial charge is 0.494 e. The highest BCUT2D eigenvalue weighted by Crippen LogP contribution is 2.33. The third-order valence-corrected chi connectivity index (χ3v) is 7.76. The van der Waals surface area contributed by atoms with E-state index in [1.165, 1.54) is 30.5 Å². The lowest BCUT2D eigenvalue weighted by atomic mass is 10.00. The molecule has 0 saturated carbocycles. The Bertz CT molecular complexity index is 1150. The van der Waals surface area contributed by atoms with Gasteiger partial charge in [-0.3, -0.25) is 14.8 Å². The number of carbonyl (C=O) groups is 2. The summed E-state index contributed by atoms with van der Waals surface area (Å²) in [7, 11) is -2.49. The van der Waals surface area contributed by atoms with E-state index in [0.717, 1.165) is 6.26 Å². The van der Waals surface area contributed by atoms with Gasteiger partial charge in [0.25, 0.3) is 11.8 Å². The minimum Gasteiger partial charge on any atom is -0.494 e. The van der Waals surface area contributed by atoms with Gasteiger partial charge < -0.3 is 9.64 Å². The summed E-state index contributed by atoms with van der Waals surface area (Å²) >= 11 is 0. The maximum atomic E-state index is 14.6. The Balaban J connectivity index is 1.85. The molecule has 0 bridgehead atoms. The number of rotatable bonds is 7. The minimum absolute atomic E-state index is 0.0205. The quantitative estimate of drug-likeness (QED) is 0.494. The second-order valence-corrected chi connectivity index (χ2v) is 10.1. The van der Waals surface area contributed by atoms with Crippen LogP contribution in [0.3, 0.4) is 0 Å². The molecule has 10 heteroatoms. The van der Waals surface area contributed by atoms with E-state index in [2.05, 4.69) is 0 Å². The molecule has 0 spiro atoms. The lowest BCUT2D eigenvalue weighted by molar-refractivity contribution is -0.131. The number of amides is 2. The number of sulfone groups is 1. The van der Waals surface area contributed by atoms with Crippen LogP contribution in [0.15, 0.2) is 36.4 Å².